The first kappa shape index (κ1) is 20.5. The molecule has 0 aromatic rings. The smallest absolute Gasteiger partial charge is 0.0414 e. The lowest BCUT2D eigenvalue weighted by atomic mass is 9.89. The Bertz CT molecular complexity index is 490. The predicted molar refractivity (Wildman–Crippen MR) is 102 cm³/mol. The zero-order valence-electron chi connectivity index (χ0n) is 15.8. The van der Waals surface area contributed by atoms with Gasteiger partial charge in [-0.3, -0.25) is 0 Å². The number of hydrogen-bond acceptors (Lipinski definition) is 1. The summed E-state index contributed by atoms with van der Waals surface area (Å²) in [4.78, 5) is 2.40. The molecule has 0 aliphatic rings. The maximum atomic E-state index is 4.21. The van der Waals surface area contributed by atoms with Crippen LogP contribution in [0, 0.1) is 0 Å². The van der Waals surface area contributed by atoms with Gasteiger partial charge in [0.05, 0.1) is 0 Å². The van der Waals surface area contributed by atoms with Crippen LogP contribution in [-0.2, 0) is 0 Å². The molecule has 0 radical (unpaired) electrons. The van der Waals surface area contributed by atoms with E-state index in [0.29, 0.717) is 0 Å². The van der Waals surface area contributed by atoms with Gasteiger partial charge in [0, 0.05) is 16.9 Å². The van der Waals surface area contributed by atoms with Crippen molar-refractivity contribution in [1.29, 1.82) is 0 Å². The molecule has 0 N–H and O–H groups in total. The molecular weight excluding hydrogens is 266 g/mol. The molecule has 0 rings (SSSR count). The van der Waals surface area contributed by atoms with Crippen LogP contribution in [-0.4, -0.2) is 10.4 Å². The number of rotatable bonds is 9. The highest BCUT2D eigenvalue weighted by Crippen LogP contribution is 2.33. The molecule has 0 saturated heterocycles. The van der Waals surface area contributed by atoms with Crippen molar-refractivity contribution in [3.8, 4) is 0 Å². The zero-order valence-corrected chi connectivity index (χ0v) is 15.8. The molecule has 1 unspecified atom stereocenters. The summed E-state index contributed by atoms with van der Waals surface area (Å²) < 4.78 is 0. The van der Waals surface area contributed by atoms with Gasteiger partial charge in [0.2, 0.25) is 0 Å². The monoisotopic (exact) mass is 301 g/mol. The first-order chi connectivity index (χ1) is 10.1. The van der Waals surface area contributed by atoms with Crippen molar-refractivity contribution in [3.05, 3.63) is 60.0 Å². The molecule has 1 atom stereocenters. The molecule has 0 spiro atoms. The molecule has 0 aromatic carbocycles. The Labute approximate surface area is 138 Å². The van der Waals surface area contributed by atoms with Gasteiger partial charge in [-0.25, -0.2) is 0 Å². The second kappa shape index (κ2) is 8.82. The summed E-state index contributed by atoms with van der Waals surface area (Å²) >= 11 is 0. The van der Waals surface area contributed by atoms with Crippen LogP contribution in [0.1, 0.15) is 67.7 Å². The molecule has 1 nitrogen and oxygen atoms in total. The van der Waals surface area contributed by atoms with Gasteiger partial charge in [-0.2, -0.15) is 0 Å². The summed E-state index contributed by atoms with van der Waals surface area (Å²) in [6.07, 6.45) is 7.59. The van der Waals surface area contributed by atoms with Crippen LogP contribution in [0.15, 0.2) is 60.0 Å². The average molecular weight is 302 g/mol. The van der Waals surface area contributed by atoms with Gasteiger partial charge in [0.25, 0.3) is 0 Å². The second-order valence-corrected chi connectivity index (χ2v) is 6.58. The lowest BCUT2D eigenvalue weighted by Gasteiger charge is -2.44. The minimum Gasteiger partial charge on any atom is -0.344 e. The highest BCUT2D eigenvalue weighted by atomic mass is 15.2. The quantitative estimate of drug-likeness (QED) is 0.424. The van der Waals surface area contributed by atoms with E-state index in [-0.39, 0.29) is 5.54 Å². The van der Waals surface area contributed by atoms with E-state index in [1.165, 1.54) is 17.7 Å². The Morgan fingerprint density at radius 1 is 1.00 bits per heavy atom. The van der Waals surface area contributed by atoms with Crippen LogP contribution in [0.5, 0.6) is 0 Å². The van der Waals surface area contributed by atoms with Crippen molar-refractivity contribution in [3.63, 3.8) is 0 Å². The molecule has 0 aliphatic carbocycles. The topological polar surface area (TPSA) is 3.24 Å². The zero-order chi connectivity index (χ0) is 17.5. The van der Waals surface area contributed by atoms with Crippen LogP contribution >= 0.6 is 0 Å². The molecule has 0 fully saturated rings. The summed E-state index contributed by atoms with van der Waals surface area (Å²) in [7, 11) is 0. The third-order valence-electron chi connectivity index (χ3n) is 4.46. The van der Waals surface area contributed by atoms with Gasteiger partial charge in [-0.15, -0.1) is 0 Å². The van der Waals surface area contributed by atoms with Gasteiger partial charge in [-0.05, 0) is 58.6 Å². The molecule has 22 heavy (non-hydrogen) atoms. The molecule has 0 saturated carbocycles. The summed E-state index contributed by atoms with van der Waals surface area (Å²) in [5.74, 6) is 0. The summed E-state index contributed by atoms with van der Waals surface area (Å²) in [6, 6.07) is 0. The fraction of sp³-hybridized carbons (Fsp3) is 0.524. The molecule has 1 heteroatoms. The van der Waals surface area contributed by atoms with Crippen LogP contribution in [0.25, 0.3) is 0 Å². The maximum absolute atomic E-state index is 4.21. The normalized spacial score (nSPS) is 15.2. The van der Waals surface area contributed by atoms with E-state index in [2.05, 4.69) is 72.3 Å². The van der Waals surface area contributed by atoms with Crippen LogP contribution < -0.4 is 0 Å². The largest absolute Gasteiger partial charge is 0.344 e. The fourth-order valence-corrected chi connectivity index (χ4v) is 2.80. The summed E-state index contributed by atoms with van der Waals surface area (Å²) in [6.45, 7) is 27.4. The average Bonchev–Trinajstić information content (AvgIpc) is 2.43. The number of allylic oxidation sites excluding steroid dienone is 7. The first-order valence-electron chi connectivity index (χ1n) is 8.26. The van der Waals surface area contributed by atoms with E-state index >= 15 is 0 Å². The Balaban J connectivity index is 5.67. The van der Waals surface area contributed by atoms with Gasteiger partial charge < -0.3 is 4.90 Å². The van der Waals surface area contributed by atoms with E-state index in [1.807, 2.05) is 13.0 Å². The summed E-state index contributed by atoms with van der Waals surface area (Å²) in [5.41, 5.74) is 5.69. The van der Waals surface area contributed by atoms with Gasteiger partial charge in [0.1, 0.15) is 0 Å². The Morgan fingerprint density at radius 3 is 1.91 bits per heavy atom. The lowest BCUT2D eigenvalue weighted by molar-refractivity contribution is 0.169. The number of nitrogens with zero attached hydrogens (tertiary/aromatic N) is 1. The molecule has 0 aromatic heterocycles. The molecule has 0 amide bonds. The molecule has 0 bridgehead atoms. The highest BCUT2D eigenvalue weighted by Gasteiger charge is 2.30. The van der Waals surface area contributed by atoms with Crippen molar-refractivity contribution >= 4 is 0 Å². The highest BCUT2D eigenvalue weighted by molar-refractivity contribution is 5.38. The molecule has 0 aliphatic heterocycles. The van der Waals surface area contributed by atoms with Crippen molar-refractivity contribution in [2.45, 2.75) is 73.3 Å². The van der Waals surface area contributed by atoms with E-state index in [1.54, 1.807) is 0 Å². The van der Waals surface area contributed by atoms with Gasteiger partial charge in [0.15, 0.2) is 0 Å². The molecular formula is C21H35N. The SMILES string of the molecule is C=C(C)C(=C)/C=C\C(C)=C(/C)N(C(=C)C)C(C)(CC)CCC. The van der Waals surface area contributed by atoms with Crippen molar-refractivity contribution in [2.75, 3.05) is 0 Å². The third-order valence-corrected chi connectivity index (χ3v) is 4.46. The molecule has 124 valence electrons. The minimum absolute atomic E-state index is 0.116. The van der Waals surface area contributed by atoms with E-state index < -0.39 is 0 Å². The van der Waals surface area contributed by atoms with E-state index in [4.69, 9.17) is 0 Å². The van der Waals surface area contributed by atoms with Crippen LogP contribution in [0.4, 0.5) is 0 Å². The Kier molecular flexibility index (Phi) is 8.22. The first-order valence-corrected chi connectivity index (χ1v) is 8.26. The Hall–Kier alpha value is -1.50. The van der Waals surface area contributed by atoms with Crippen molar-refractivity contribution in [2.24, 2.45) is 0 Å². The lowest BCUT2D eigenvalue weighted by Crippen LogP contribution is -2.43. The predicted octanol–water partition coefficient (Wildman–Crippen LogP) is 6.77. The van der Waals surface area contributed by atoms with E-state index in [0.717, 1.165) is 29.7 Å². The van der Waals surface area contributed by atoms with Crippen LogP contribution in [0.2, 0.25) is 0 Å². The third kappa shape index (κ3) is 5.36. The van der Waals surface area contributed by atoms with Crippen molar-refractivity contribution < 1.29 is 0 Å². The van der Waals surface area contributed by atoms with Gasteiger partial charge in [-0.1, -0.05) is 57.7 Å². The van der Waals surface area contributed by atoms with Crippen LogP contribution in [0.3, 0.4) is 0 Å². The standard InChI is InChI=1S/C21H35N/c1-11-15-21(10,12-2)22(17(5)6)20(9)19(8)14-13-18(7)16(3)4/h13-14H,3,5,7,11-12,15H2,1-2,4,6,8-10H3/b14-13-,20-19+. The molecule has 0 heterocycles. The summed E-state index contributed by atoms with van der Waals surface area (Å²) in [5, 5.41) is 0. The Morgan fingerprint density at radius 2 is 1.55 bits per heavy atom. The van der Waals surface area contributed by atoms with Crippen molar-refractivity contribution in [1.82, 2.24) is 4.90 Å². The minimum atomic E-state index is 0.116. The van der Waals surface area contributed by atoms with E-state index in [9.17, 15) is 0 Å². The van der Waals surface area contributed by atoms with Gasteiger partial charge >= 0.3 is 0 Å². The number of hydrogen-bond donors (Lipinski definition) is 0. The maximum Gasteiger partial charge on any atom is 0.0414 e. The fourth-order valence-electron chi connectivity index (χ4n) is 2.80. The second-order valence-electron chi connectivity index (χ2n) is 6.58.